The van der Waals surface area contributed by atoms with Crippen LogP contribution in [-0.2, 0) is 4.74 Å². The van der Waals surface area contributed by atoms with Crippen LogP contribution in [0, 0.1) is 0 Å². The van der Waals surface area contributed by atoms with Crippen LogP contribution in [0.5, 0.6) is 0 Å². The first kappa shape index (κ1) is 11.9. The van der Waals surface area contributed by atoms with Crippen LogP contribution in [-0.4, -0.2) is 30.2 Å². The topological polar surface area (TPSA) is 47.0 Å². The van der Waals surface area contributed by atoms with Gasteiger partial charge in [-0.2, -0.15) is 0 Å². The van der Waals surface area contributed by atoms with Crippen molar-refractivity contribution in [2.45, 2.75) is 26.2 Å². The SMILES string of the molecule is CCCNc1nccnc1C(C)COC. The Morgan fingerprint density at radius 1 is 1.40 bits per heavy atom. The van der Waals surface area contributed by atoms with E-state index in [4.69, 9.17) is 4.74 Å². The fourth-order valence-electron chi connectivity index (χ4n) is 1.42. The largest absolute Gasteiger partial charge is 0.384 e. The minimum atomic E-state index is 0.267. The highest BCUT2D eigenvalue weighted by atomic mass is 16.5. The van der Waals surface area contributed by atoms with Gasteiger partial charge in [-0.25, -0.2) is 4.98 Å². The summed E-state index contributed by atoms with van der Waals surface area (Å²) < 4.78 is 5.12. The van der Waals surface area contributed by atoms with E-state index in [-0.39, 0.29) is 5.92 Å². The highest BCUT2D eigenvalue weighted by Crippen LogP contribution is 2.19. The molecule has 4 nitrogen and oxygen atoms in total. The number of hydrogen-bond acceptors (Lipinski definition) is 4. The maximum absolute atomic E-state index is 5.12. The molecule has 0 saturated carbocycles. The highest BCUT2D eigenvalue weighted by Gasteiger charge is 2.12. The second kappa shape index (κ2) is 6.35. The molecule has 4 heteroatoms. The van der Waals surface area contributed by atoms with Crippen molar-refractivity contribution in [2.24, 2.45) is 0 Å². The zero-order chi connectivity index (χ0) is 11.1. The third-order valence-corrected chi connectivity index (χ3v) is 2.15. The lowest BCUT2D eigenvalue weighted by atomic mass is 10.1. The van der Waals surface area contributed by atoms with Crippen molar-refractivity contribution in [3.05, 3.63) is 18.1 Å². The molecule has 1 rings (SSSR count). The average molecular weight is 209 g/mol. The predicted octanol–water partition coefficient (Wildman–Crippen LogP) is 2.05. The number of rotatable bonds is 6. The summed E-state index contributed by atoms with van der Waals surface area (Å²) in [5.74, 6) is 1.15. The molecular formula is C11H19N3O. The van der Waals surface area contributed by atoms with Crippen molar-refractivity contribution < 1.29 is 4.74 Å². The molecule has 0 amide bonds. The van der Waals surface area contributed by atoms with E-state index in [1.54, 1.807) is 19.5 Å². The minimum Gasteiger partial charge on any atom is -0.384 e. The van der Waals surface area contributed by atoms with Gasteiger partial charge in [-0.1, -0.05) is 13.8 Å². The van der Waals surface area contributed by atoms with Crippen LogP contribution in [0.2, 0.25) is 0 Å². The molecule has 15 heavy (non-hydrogen) atoms. The number of methoxy groups -OCH3 is 1. The summed E-state index contributed by atoms with van der Waals surface area (Å²) in [5.41, 5.74) is 0.979. The molecule has 1 heterocycles. The first-order valence-corrected chi connectivity index (χ1v) is 5.33. The molecule has 0 bridgehead atoms. The number of nitrogens with one attached hydrogen (secondary N) is 1. The average Bonchev–Trinajstić information content (AvgIpc) is 2.27. The van der Waals surface area contributed by atoms with Gasteiger partial charge in [-0.05, 0) is 6.42 Å². The van der Waals surface area contributed by atoms with E-state index >= 15 is 0 Å². The third-order valence-electron chi connectivity index (χ3n) is 2.15. The summed E-state index contributed by atoms with van der Waals surface area (Å²) in [6, 6.07) is 0. The molecule has 0 aliphatic carbocycles. The number of hydrogen-bond donors (Lipinski definition) is 1. The van der Waals surface area contributed by atoms with E-state index in [1.165, 1.54) is 0 Å². The molecule has 0 saturated heterocycles. The van der Waals surface area contributed by atoms with Gasteiger partial charge < -0.3 is 10.1 Å². The fraction of sp³-hybridized carbons (Fsp3) is 0.636. The Balaban J connectivity index is 2.75. The van der Waals surface area contributed by atoms with Gasteiger partial charge in [0.05, 0.1) is 12.3 Å². The van der Waals surface area contributed by atoms with Crippen LogP contribution in [0.3, 0.4) is 0 Å². The molecule has 84 valence electrons. The number of anilines is 1. The first-order valence-electron chi connectivity index (χ1n) is 5.33. The maximum atomic E-state index is 5.12. The molecule has 1 aromatic heterocycles. The molecule has 0 aromatic carbocycles. The van der Waals surface area contributed by atoms with Gasteiger partial charge in [0.2, 0.25) is 0 Å². The van der Waals surface area contributed by atoms with Crippen LogP contribution in [0.25, 0.3) is 0 Å². The third kappa shape index (κ3) is 3.47. The van der Waals surface area contributed by atoms with Gasteiger partial charge in [0.1, 0.15) is 5.82 Å². The zero-order valence-corrected chi connectivity index (χ0v) is 9.66. The minimum absolute atomic E-state index is 0.267. The van der Waals surface area contributed by atoms with Crippen molar-refractivity contribution >= 4 is 5.82 Å². The highest BCUT2D eigenvalue weighted by molar-refractivity contribution is 5.41. The van der Waals surface area contributed by atoms with E-state index < -0.39 is 0 Å². The van der Waals surface area contributed by atoms with Crippen LogP contribution in [0.15, 0.2) is 12.4 Å². The number of nitrogens with zero attached hydrogens (tertiary/aromatic N) is 2. The molecule has 1 unspecified atom stereocenters. The van der Waals surface area contributed by atoms with Crippen molar-refractivity contribution in [1.82, 2.24) is 9.97 Å². The maximum Gasteiger partial charge on any atom is 0.148 e. The molecule has 0 aliphatic heterocycles. The summed E-state index contributed by atoms with van der Waals surface area (Å²) >= 11 is 0. The Morgan fingerprint density at radius 2 is 2.13 bits per heavy atom. The molecule has 1 aromatic rings. The molecule has 1 atom stereocenters. The molecule has 0 radical (unpaired) electrons. The number of aromatic nitrogens is 2. The summed E-state index contributed by atoms with van der Waals surface area (Å²) in [6.07, 6.45) is 4.51. The second-order valence-electron chi connectivity index (χ2n) is 3.57. The van der Waals surface area contributed by atoms with Gasteiger partial charge in [-0.3, -0.25) is 4.98 Å². The first-order chi connectivity index (χ1) is 7.29. The predicted molar refractivity (Wildman–Crippen MR) is 61.1 cm³/mol. The van der Waals surface area contributed by atoms with Gasteiger partial charge in [0.25, 0.3) is 0 Å². The van der Waals surface area contributed by atoms with Crippen LogP contribution in [0.1, 0.15) is 31.9 Å². The molecule has 0 spiro atoms. The second-order valence-corrected chi connectivity index (χ2v) is 3.57. The zero-order valence-electron chi connectivity index (χ0n) is 9.66. The lowest BCUT2D eigenvalue weighted by Crippen LogP contribution is -2.11. The van der Waals surface area contributed by atoms with E-state index in [0.29, 0.717) is 6.61 Å². The quantitative estimate of drug-likeness (QED) is 0.779. The monoisotopic (exact) mass is 209 g/mol. The Kier molecular flexibility index (Phi) is 5.04. The van der Waals surface area contributed by atoms with Gasteiger partial charge in [0.15, 0.2) is 0 Å². The Morgan fingerprint density at radius 3 is 2.80 bits per heavy atom. The molecular weight excluding hydrogens is 190 g/mol. The van der Waals surface area contributed by atoms with E-state index in [0.717, 1.165) is 24.5 Å². The van der Waals surface area contributed by atoms with E-state index in [9.17, 15) is 0 Å². The normalized spacial score (nSPS) is 12.5. The standard InChI is InChI=1S/C11H19N3O/c1-4-5-13-11-10(9(2)8-15-3)12-6-7-14-11/h6-7,9H,4-5,8H2,1-3H3,(H,13,14). The molecule has 1 N–H and O–H groups in total. The molecule has 0 aliphatic rings. The van der Waals surface area contributed by atoms with Crippen molar-refractivity contribution in [2.75, 3.05) is 25.6 Å². The van der Waals surface area contributed by atoms with Crippen LogP contribution >= 0.6 is 0 Å². The van der Waals surface area contributed by atoms with Gasteiger partial charge in [0, 0.05) is 32.0 Å². The van der Waals surface area contributed by atoms with Crippen LogP contribution < -0.4 is 5.32 Å². The van der Waals surface area contributed by atoms with Crippen LogP contribution in [0.4, 0.5) is 5.82 Å². The van der Waals surface area contributed by atoms with Gasteiger partial charge >= 0.3 is 0 Å². The Bertz CT molecular complexity index is 291. The molecule has 0 fully saturated rings. The van der Waals surface area contributed by atoms with E-state index in [1.807, 2.05) is 0 Å². The summed E-state index contributed by atoms with van der Waals surface area (Å²) in [5, 5.41) is 3.27. The van der Waals surface area contributed by atoms with Crippen molar-refractivity contribution in [3.8, 4) is 0 Å². The smallest absolute Gasteiger partial charge is 0.148 e. The van der Waals surface area contributed by atoms with Gasteiger partial charge in [-0.15, -0.1) is 0 Å². The van der Waals surface area contributed by atoms with Crippen molar-refractivity contribution in [1.29, 1.82) is 0 Å². The summed E-state index contributed by atoms with van der Waals surface area (Å²) in [6.45, 7) is 5.80. The summed E-state index contributed by atoms with van der Waals surface area (Å²) in [7, 11) is 1.70. The van der Waals surface area contributed by atoms with E-state index in [2.05, 4.69) is 29.1 Å². The fourth-order valence-corrected chi connectivity index (χ4v) is 1.42. The lowest BCUT2D eigenvalue weighted by molar-refractivity contribution is 0.183. The summed E-state index contributed by atoms with van der Waals surface area (Å²) in [4.78, 5) is 8.64. The lowest BCUT2D eigenvalue weighted by Gasteiger charge is -2.14. The Labute approximate surface area is 91.1 Å². The van der Waals surface area contributed by atoms with Crippen molar-refractivity contribution in [3.63, 3.8) is 0 Å². The number of ether oxygens (including phenoxy) is 1. The Hall–Kier alpha value is -1.16.